The second-order valence-electron chi connectivity index (χ2n) is 2.77. The Labute approximate surface area is 55.5 Å². The van der Waals surface area contributed by atoms with Crippen LogP contribution in [0.2, 0.25) is 0 Å². The summed E-state index contributed by atoms with van der Waals surface area (Å²) in [6.07, 6.45) is 1.30. The lowest BCUT2D eigenvalue weighted by Gasteiger charge is -2.19. The Morgan fingerprint density at radius 1 is 2.00 bits per heavy atom. The Hall–Kier alpha value is -0.570. The van der Waals surface area contributed by atoms with Gasteiger partial charge in [-0.15, -0.1) is 0 Å². The fraction of sp³-hybridized carbons (Fsp3) is 0.833. The molecule has 1 heterocycles. The van der Waals surface area contributed by atoms with Crippen molar-refractivity contribution in [3.8, 4) is 0 Å². The van der Waals surface area contributed by atoms with Crippen molar-refractivity contribution < 1.29 is 11.3 Å². The van der Waals surface area contributed by atoms with Crippen LogP contribution >= 0.6 is 0 Å². The van der Waals surface area contributed by atoms with E-state index in [9.17, 15) is 4.79 Å². The molecule has 0 unspecified atom stereocenters. The first kappa shape index (κ1) is 6.55. The molecule has 0 spiro atoms. The first-order valence-electron chi connectivity index (χ1n) is 3.08. The monoisotopic (exact) mass is 131 g/mol. The Morgan fingerprint density at radius 2 is 2.67 bits per heavy atom. The van der Waals surface area contributed by atoms with E-state index < -0.39 is 0 Å². The summed E-state index contributed by atoms with van der Waals surface area (Å²) in [7, 11) is 0. The molecule has 1 saturated heterocycles. The molecule has 0 aliphatic carbocycles. The van der Waals surface area contributed by atoms with Crippen LogP contribution in [0.15, 0.2) is 0 Å². The second-order valence-corrected chi connectivity index (χ2v) is 2.77. The molecule has 0 aromatic rings. The van der Waals surface area contributed by atoms with E-state index in [1.54, 1.807) is 0 Å². The van der Waals surface area contributed by atoms with Crippen LogP contribution in [0.25, 0.3) is 0 Å². The quantitative estimate of drug-likeness (QED) is 0.522. The molecule has 3 nitrogen and oxygen atoms in total. The van der Waals surface area contributed by atoms with Crippen molar-refractivity contribution in [1.82, 2.24) is 5.32 Å². The highest BCUT2D eigenvalue weighted by molar-refractivity contribution is 5.79. The predicted molar refractivity (Wildman–Crippen MR) is 35.0 cm³/mol. The number of carbonyl (C=O) groups is 1. The van der Waals surface area contributed by atoms with E-state index in [0.717, 1.165) is 6.42 Å². The average Bonchev–Trinajstić information content (AvgIpc) is 2.13. The number of nitrogens with one attached hydrogen (secondary N) is 1. The Balaban J connectivity index is 0.000000810. The van der Waals surface area contributed by atoms with Gasteiger partial charge in [0.15, 0.2) is 0 Å². The third-order valence-corrected chi connectivity index (χ3v) is 1.69. The van der Waals surface area contributed by atoms with Crippen molar-refractivity contribution in [2.45, 2.75) is 25.3 Å². The van der Waals surface area contributed by atoms with Crippen LogP contribution in [0.4, 0.5) is 0 Å². The van der Waals surface area contributed by atoms with Crippen LogP contribution in [-0.4, -0.2) is 23.2 Å². The van der Waals surface area contributed by atoms with E-state index in [0.29, 0.717) is 6.42 Å². The van der Waals surface area contributed by atoms with E-state index in [1.807, 2.05) is 6.92 Å². The van der Waals surface area contributed by atoms with Gasteiger partial charge in [-0.3, -0.25) is 4.79 Å². The van der Waals surface area contributed by atoms with Gasteiger partial charge in [-0.2, -0.15) is 0 Å². The first-order valence-corrected chi connectivity index (χ1v) is 3.08. The summed E-state index contributed by atoms with van der Waals surface area (Å²) in [6, 6.07) is 0. The van der Waals surface area contributed by atoms with Gasteiger partial charge in [-0.1, -0.05) is 0 Å². The van der Waals surface area contributed by atoms with Gasteiger partial charge >= 0.3 is 0 Å². The minimum Gasteiger partial charge on any atom is -0.394 e. The molecule has 1 aliphatic heterocycles. The third-order valence-electron chi connectivity index (χ3n) is 1.69. The van der Waals surface area contributed by atoms with Gasteiger partial charge in [-0.25, -0.2) is 0 Å². The van der Waals surface area contributed by atoms with E-state index in [1.165, 1.54) is 0 Å². The number of hydrogen-bond acceptors (Lipinski definition) is 2. The minimum absolute atomic E-state index is 0. The summed E-state index contributed by atoms with van der Waals surface area (Å²) >= 11 is 0. The Bertz CT molecular complexity index is 140. The molecule has 0 aromatic heterocycles. The topological polar surface area (TPSA) is 49.3 Å². The highest BCUT2D eigenvalue weighted by Crippen LogP contribution is 2.17. The number of amides is 1. The summed E-state index contributed by atoms with van der Waals surface area (Å²) in [5.74, 6) is 0.0477. The van der Waals surface area contributed by atoms with Gasteiger partial charge in [0.25, 0.3) is 0 Å². The fourth-order valence-corrected chi connectivity index (χ4v) is 0.970. The molecule has 3 heteroatoms. The Morgan fingerprint density at radius 3 is 2.89 bits per heavy atom. The number of hydrogen-bond donors (Lipinski definition) is 2. The highest BCUT2D eigenvalue weighted by atomic mass is 16.3. The van der Waals surface area contributed by atoms with E-state index in [2.05, 4.69) is 5.32 Å². The van der Waals surface area contributed by atoms with E-state index in [-0.39, 0.29) is 19.5 Å². The lowest BCUT2D eigenvalue weighted by atomic mass is 10.0. The largest absolute Gasteiger partial charge is 0.394 e. The molecular weight excluding hydrogens is 118 g/mol. The normalized spacial score (nSPS) is 34.7. The standard InChI is InChI=1S/C6H11NO2.H2/c1-6(4-8)3-2-5(9)7-6;/h8H,2-4H2,1H3,(H,7,9);1H/t6-;/m0./s1. The van der Waals surface area contributed by atoms with Crippen molar-refractivity contribution in [1.29, 1.82) is 0 Å². The summed E-state index contributed by atoms with van der Waals surface area (Å²) in [6.45, 7) is 1.89. The summed E-state index contributed by atoms with van der Waals surface area (Å²) < 4.78 is 0. The summed E-state index contributed by atoms with van der Waals surface area (Å²) in [5, 5.41) is 11.4. The van der Waals surface area contributed by atoms with E-state index >= 15 is 0 Å². The molecule has 54 valence electrons. The zero-order chi connectivity index (χ0) is 6.91. The Kier molecular flexibility index (Phi) is 1.45. The highest BCUT2D eigenvalue weighted by Gasteiger charge is 2.31. The number of carbonyl (C=O) groups excluding carboxylic acids is 1. The molecule has 1 fully saturated rings. The smallest absolute Gasteiger partial charge is 0.220 e. The minimum atomic E-state index is -0.336. The molecule has 1 atom stereocenters. The molecule has 0 bridgehead atoms. The maximum absolute atomic E-state index is 10.6. The molecule has 0 radical (unpaired) electrons. The van der Waals surface area contributed by atoms with Crippen molar-refractivity contribution in [2.24, 2.45) is 0 Å². The number of aliphatic hydroxyl groups is 1. The molecule has 0 aromatic carbocycles. The molecular formula is C6H13NO2. The first-order chi connectivity index (χ1) is 4.16. The van der Waals surface area contributed by atoms with Gasteiger partial charge < -0.3 is 10.4 Å². The maximum Gasteiger partial charge on any atom is 0.220 e. The SMILES string of the molecule is C[C@@]1(CO)CCC(=O)N1.[HH]. The zero-order valence-electron chi connectivity index (χ0n) is 5.48. The van der Waals surface area contributed by atoms with Crippen molar-refractivity contribution in [2.75, 3.05) is 6.61 Å². The molecule has 9 heavy (non-hydrogen) atoms. The van der Waals surface area contributed by atoms with Crippen LogP contribution in [0.5, 0.6) is 0 Å². The fourth-order valence-electron chi connectivity index (χ4n) is 0.970. The average molecular weight is 131 g/mol. The van der Waals surface area contributed by atoms with Crippen molar-refractivity contribution >= 4 is 5.91 Å². The molecule has 0 saturated carbocycles. The summed E-state index contributed by atoms with van der Waals surface area (Å²) in [5.41, 5.74) is -0.336. The van der Waals surface area contributed by atoms with Crippen LogP contribution in [0.3, 0.4) is 0 Å². The van der Waals surface area contributed by atoms with Gasteiger partial charge in [0.05, 0.1) is 12.1 Å². The second kappa shape index (κ2) is 1.99. The number of rotatable bonds is 1. The van der Waals surface area contributed by atoms with Gasteiger partial charge in [0.1, 0.15) is 0 Å². The van der Waals surface area contributed by atoms with Crippen molar-refractivity contribution in [3.63, 3.8) is 0 Å². The number of aliphatic hydroxyl groups excluding tert-OH is 1. The predicted octanol–water partition coefficient (Wildman–Crippen LogP) is -0.107. The van der Waals surface area contributed by atoms with Gasteiger partial charge in [0, 0.05) is 7.85 Å². The maximum atomic E-state index is 10.6. The van der Waals surface area contributed by atoms with Crippen LogP contribution in [0, 0.1) is 0 Å². The molecule has 1 amide bonds. The van der Waals surface area contributed by atoms with Crippen LogP contribution in [0.1, 0.15) is 21.2 Å². The molecule has 1 rings (SSSR count). The van der Waals surface area contributed by atoms with Crippen LogP contribution < -0.4 is 5.32 Å². The van der Waals surface area contributed by atoms with Gasteiger partial charge in [-0.05, 0) is 13.3 Å². The van der Waals surface area contributed by atoms with Crippen molar-refractivity contribution in [3.05, 3.63) is 0 Å². The summed E-state index contributed by atoms with van der Waals surface area (Å²) in [4.78, 5) is 10.6. The zero-order valence-corrected chi connectivity index (χ0v) is 5.48. The lowest BCUT2D eigenvalue weighted by molar-refractivity contribution is -0.119. The van der Waals surface area contributed by atoms with Crippen LogP contribution in [-0.2, 0) is 4.79 Å². The molecule has 1 aliphatic rings. The van der Waals surface area contributed by atoms with Gasteiger partial charge in [0.2, 0.25) is 5.91 Å². The van der Waals surface area contributed by atoms with E-state index in [4.69, 9.17) is 5.11 Å². The third kappa shape index (κ3) is 1.21. The lowest BCUT2D eigenvalue weighted by Crippen LogP contribution is -2.41. The molecule has 2 N–H and O–H groups in total.